The second-order valence-electron chi connectivity index (χ2n) is 4.79. The number of hydrogen-bond acceptors (Lipinski definition) is 2. The van der Waals surface area contributed by atoms with E-state index in [2.05, 4.69) is 20.8 Å². The molecule has 0 aliphatic rings. The van der Waals surface area contributed by atoms with Gasteiger partial charge in [-0.3, -0.25) is 0 Å². The second-order valence-corrected chi connectivity index (χ2v) is 4.79. The van der Waals surface area contributed by atoms with Crippen LogP contribution in [0.5, 0.6) is 0 Å². The van der Waals surface area contributed by atoms with E-state index in [1.54, 1.807) is 0 Å². The molecule has 0 spiro atoms. The first-order valence-corrected chi connectivity index (χ1v) is 5.81. The van der Waals surface area contributed by atoms with Crippen molar-refractivity contribution < 1.29 is 10.2 Å². The Morgan fingerprint density at radius 1 is 1.07 bits per heavy atom. The maximum atomic E-state index is 9.93. The zero-order valence-electron chi connectivity index (χ0n) is 10.0. The van der Waals surface area contributed by atoms with Gasteiger partial charge in [0, 0.05) is 12.5 Å². The van der Waals surface area contributed by atoms with E-state index in [0.29, 0.717) is 11.8 Å². The van der Waals surface area contributed by atoms with Gasteiger partial charge in [-0.2, -0.15) is 0 Å². The minimum absolute atomic E-state index is 0.0529. The van der Waals surface area contributed by atoms with Gasteiger partial charge in [0.1, 0.15) is 0 Å². The zero-order chi connectivity index (χ0) is 11.1. The maximum absolute atomic E-state index is 9.93. The Morgan fingerprint density at radius 3 is 2.00 bits per heavy atom. The van der Waals surface area contributed by atoms with Gasteiger partial charge in [0.15, 0.2) is 0 Å². The maximum Gasteiger partial charge on any atom is 0.0615 e. The molecule has 86 valence electrons. The van der Waals surface area contributed by atoms with Gasteiger partial charge in [0.05, 0.1) is 6.10 Å². The molecule has 0 saturated heterocycles. The molecule has 0 fully saturated rings. The standard InChI is InChI=1S/C12H26O2/c1-5-11(8-13)12(14)10(4)7-6-9(2)3/h9-14H,5-8H2,1-4H3. The molecule has 0 amide bonds. The summed E-state index contributed by atoms with van der Waals surface area (Å²) >= 11 is 0. The molecule has 0 aromatic rings. The third kappa shape index (κ3) is 4.97. The van der Waals surface area contributed by atoms with Crippen LogP contribution in [0.15, 0.2) is 0 Å². The van der Waals surface area contributed by atoms with Gasteiger partial charge in [-0.1, -0.05) is 34.1 Å². The monoisotopic (exact) mass is 202 g/mol. The summed E-state index contributed by atoms with van der Waals surface area (Å²) in [6.45, 7) is 8.58. The normalized spacial score (nSPS) is 18.2. The Balaban J connectivity index is 3.90. The van der Waals surface area contributed by atoms with Crippen LogP contribution >= 0.6 is 0 Å². The molecule has 2 nitrogen and oxygen atoms in total. The highest BCUT2D eigenvalue weighted by Crippen LogP contribution is 2.21. The van der Waals surface area contributed by atoms with Crippen molar-refractivity contribution in [1.29, 1.82) is 0 Å². The van der Waals surface area contributed by atoms with Gasteiger partial charge >= 0.3 is 0 Å². The lowest BCUT2D eigenvalue weighted by Gasteiger charge is -2.25. The molecular formula is C12H26O2. The van der Waals surface area contributed by atoms with Crippen molar-refractivity contribution >= 4 is 0 Å². The molecule has 0 bridgehead atoms. The summed E-state index contributed by atoms with van der Waals surface area (Å²) < 4.78 is 0. The van der Waals surface area contributed by atoms with Crippen LogP contribution in [-0.4, -0.2) is 22.9 Å². The fraction of sp³-hybridized carbons (Fsp3) is 1.00. The number of aliphatic hydroxyl groups excluding tert-OH is 2. The molecule has 0 aromatic carbocycles. The zero-order valence-corrected chi connectivity index (χ0v) is 10.0. The Hall–Kier alpha value is -0.0800. The lowest BCUT2D eigenvalue weighted by molar-refractivity contribution is 0.0222. The quantitative estimate of drug-likeness (QED) is 0.665. The van der Waals surface area contributed by atoms with Crippen LogP contribution in [0.4, 0.5) is 0 Å². The predicted molar refractivity (Wildman–Crippen MR) is 60.1 cm³/mol. The number of rotatable bonds is 7. The summed E-state index contributed by atoms with van der Waals surface area (Å²) in [5, 5.41) is 19.0. The average molecular weight is 202 g/mol. The highest BCUT2D eigenvalue weighted by atomic mass is 16.3. The van der Waals surface area contributed by atoms with Crippen molar-refractivity contribution in [3.63, 3.8) is 0 Å². The SMILES string of the molecule is CCC(CO)C(O)C(C)CCC(C)C. The fourth-order valence-corrected chi connectivity index (χ4v) is 1.71. The molecule has 2 N–H and O–H groups in total. The summed E-state index contributed by atoms with van der Waals surface area (Å²) in [6, 6.07) is 0. The molecule has 14 heavy (non-hydrogen) atoms. The van der Waals surface area contributed by atoms with Gasteiger partial charge in [-0.15, -0.1) is 0 Å². The summed E-state index contributed by atoms with van der Waals surface area (Å²) in [6.07, 6.45) is 2.71. The Labute approximate surface area is 88.3 Å². The van der Waals surface area contributed by atoms with Crippen molar-refractivity contribution in [3.8, 4) is 0 Å². The van der Waals surface area contributed by atoms with Crippen molar-refractivity contribution in [3.05, 3.63) is 0 Å². The largest absolute Gasteiger partial charge is 0.396 e. The van der Waals surface area contributed by atoms with E-state index in [1.165, 1.54) is 0 Å². The van der Waals surface area contributed by atoms with Crippen LogP contribution in [0.1, 0.15) is 47.0 Å². The van der Waals surface area contributed by atoms with Gasteiger partial charge in [-0.05, 0) is 24.7 Å². The topological polar surface area (TPSA) is 40.5 Å². The molecule has 0 aromatic heterocycles. The summed E-state index contributed by atoms with van der Waals surface area (Å²) in [5.41, 5.74) is 0. The van der Waals surface area contributed by atoms with E-state index in [4.69, 9.17) is 5.11 Å². The summed E-state index contributed by atoms with van der Waals surface area (Å²) in [4.78, 5) is 0. The van der Waals surface area contributed by atoms with Crippen LogP contribution in [0.25, 0.3) is 0 Å². The smallest absolute Gasteiger partial charge is 0.0615 e. The molecule has 0 aliphatic heterocycles. The minimum Gasteiger partial charge on any atom is -0.396 e. The first-order valence-electron chi connectivity index (χ1n) is 5.81. The first-order chi connectivity index (χ1) is 6.52. The molecule has 0 rings (SSSR count). The number of hydrogen-bond donors (Lipinski definition) is 2. The van der Waals surface area contributed by atoms with Crippen molar-refractivity contribution in [2.75, 3.05) is 6.61 Å². The molecule has 0 saturated carbocycles. The van der Waals surface area contributed by atoms with E-state index >= 15 is 0 Å². The number of aliphatic hydroxyl groups is 2. The van der Waals surface area contributed by atoms with Crippen LogP contribution in [0.2, 0.25) is 0 Å². The van der Waals surface area contributed by atoms with E-state index in [9.17, 15) is 5.11 Å². The van der Waals surface area contributed by atoms with Gasteiger partial charge in [0.25, 0.3) is 0 Å². The second kappa shape index (κ2) is 7.24. The fourth-order valence-electron chi connectivity index (χ4n) is 1.71. The van der Waals surface area contributed by atoms with Gasteiger partial charge < -0.3 is 10.2 Å². The molecule has 0 aliphatic carbocycles. The van der Waals surface area contributed by atoms with E-state index in [0.717, 1.165) is 19.3 Å². The molecular weight excluding hydrogens is 176 g/mol. The van der Waals surface area contributed by atoms with Crippen LogP contribution in [-0.2, 0) is 0 Å². The molecule has 0 radical (unpaired) electrons. The summed E-state index contributed by atoms with van der Waals surface area (Å²) in [7, 11) is 0. The van der Waals surface area contributed by atoms with Crippen molar-refractivity contribution in [2.45, 2.75) is 53.1 Å². The van der Waals surface area contributed by atoms with Crippen molar-refractivity contribution in [1.82, 2.24) is 0 Å². The Kier molecular flexibility index (Phi) is 7.20. The molecule has 3 atom stereocenters. The van der Waals surface area contributed by atoms with E-state index in [1.807, 2.05) is 6.92 Å². The van der Waals surface area contributed by atoms with Gasteiger partial charge in [-0.25, -0.2) is 0 Å². The minimum atomic E-state index is -0.344. The highest BCUT2D eigenvalue weighted by Gasteiger charge is 2.22. The molecule has 0 heterocycles. The predicted octanol–water partition coefficient (Wildman–Crippen LogP) is 2.44. The average Bonchev–Trinajstić information content (AvgIpc) is 2.15. The molecule has 2 heteroatoms. The van der Waals surface area contributed by atoms with Crippen molar-refractivity contribution in [2.24, 2.45) is 17.8 Å². The van der Waals surface area contributed by atoms with Crippen LogP contribution < -0.4 is 0 Å². The molecule has 3 unspecified atom stereocenters. The Morgan fingerprint density at radius 2 is 1.64 bits per heavy atom. The first kappa shape index (κ1) is 13.9. The third-order valence-electron chi connectivity index (χ3n) is 3.02. The lowest BCUT2D eigenvalue weighted by atomic mass is 9.86. The van der Waals surface area contributed by atoms with Crippen LogP contribution in [0.3, 0.4) is 0 Å². The van der Waals surface area contributed by atoms with E-state index < -0.39 is 0 Å². The lowest BCUT2D eigenvalue weighted by Crippen LogP contribution is -2.29. The highest BCUT2D eigenvalue weighted by molar-refractivity contribution is 4.72. The Bertz CT molecular complexity index is 130. The summed E-state index contributed by atoms with van der Waals surface area (Å²) in [5.74, 6) is 1.05. The van der Waals surface area contributed by atoms with Crippen LogP contribution in [0, 0.1) is 17.8 Å². The third-order valence-corrected chi connectivity index (χ3v) is 3.02. The van der Waals surface area contributed by atoms with E-state index in [-0.39, 0.29) is 18.6 Å². The van der Waals surface area contributed by atoms with Gasteiger partial charge in [0.2, 0.25) is 0 Å².